The molecule has 1 N–H and O–H groups in total. The molecule has 0 fully saturated rings. The van der Waals surface area contributed by atoms with Gasteiger partial charge < -0.3 is 33.7 Å². The van der Waals surface area contributed by atoms with Crippen molar-refractivity contribution in [2.45, 2.75) is 52.3 Å². The van der Waals surface area contributed by atoms with Gasteiger partial charge in [0, 0.05) is 0 Å². The Bertz CT molecular complexity index is 774. The molecule has 0 aliphatic carbocycles. The van der Waals surface area contributed by atoms with Gasteiger partial charge in [-0.3, -0.25) is 4.79 Å². The Morgan fingerprint density at radius 1 is 1.06 bits per heavy atom. The van der Waals surface area contributed by atoms with E-state index in [1.807, 2.05) is 0 Å². The highest BCUT2D eigenvalue weighted by atomic mass is 32.2. The van der Waals surface area contributed by atoms with Crippen LogP contribution < -0.4 is 5.32 Å². The topological polar surface area (TPSA) is 136 Å². The summed E-state index contributed by atoms with van der Waals surface area (Å²) in [6.45, 7) is 12.3. The summed E-state index contributed by atoms with van der Waals surface area (Å²) < 4.78 is 28.8. The standard InChI is InChI=1S/C20H29NO10S/c1-8-26-17(23)15(21-18(24)29-10-28-16(22)11(2)3)20(6,7)32-19(25)27-9-14-12(4)30-13(5)31-14/h11,15H,5,8-10H2,1-4,6-7H3,(H,21,24)/t15-/m0/s1. The number of allylic oxidation sites excluding steroid dienone is 1. The Morgan fingerprint density at radius 2 is 1.72 bits per heavy atom. The van der Waals surface area contributed by atoms with Crippen LogP contribution in [0.25, 0.3) is 0 Å². The first-order valence-electron chi connectivity index (χ1n) is 9.74. The second kappa shape index (κ2) is 12.2. The molecule has 0 unspecified atom stereocenters. The molecule has 0 radical (unpaired) electrons. The monoisotopic (exact) mass is 475 g/mol. The summed E-state index contributed by atoms with van der Waals surface area (Å²) in [7, 11) is 0. The van der Waals surface area contributed by atoms with Gasteiger partial charge >= 0.3 is 23.3 Å². The molecule has 1 heterocycles. The van der Waals surface area contributed by atoms with Crippen LogP contribution in [0.2, 0.25) is 0 Å². The number of amides is 1. The highest BCUT2D eigenvalue weighted by molar-refractivity contribution is 8.14. The summed E-state index contributed by atoms with van der Waals surface area (Å²) >= 11 is 0.665. The minimum Gasteiger partial charge on any atom is -0.464 e. The molecule has 1 rings (SSSR count). The number of alkyl carbamates (subject to hydrolysis) is 1. The Labute approximate surface area is 190 Å². The zero-order valence-corrected chi connectivity index (χ0v) is 19.8. The van der Waals surface area contributed by atoms with E-state index in [0.29, 0.717) is 23.3 Å². The van der Waals surface area contributed by atoms with Gasteiger partial charge in [-0.1, -0.05) is 13.8 Å². The molecule has 12 heteroatoms. The van der Waals surface area contributed by atoms with Crippen LogP contribution in [-0.4, -0.2) is 54.1 Å². The van der Waals surface area contributed by atoms with Crippen molar-refractivity contribution in [3.63, 3.8) is 0 Å². The number of hydrogen-bond acceptors (Lipinski definition) is 11. The second-order valence-electron chi connectivity index (χ2n) is 7.30. The van der Waals surface area contributed by atoms with Gasteiger partial charge in [0.2, 0.25) is 6.79 Å². The number of thioether (sulfide) groups is 1. The lowest BCUT2D eigenvalue weighted by Gasteiger charge is -2.31. The van der Waals surface area contributed by atoms with E-state index in [1.54, 1.807) is 41.5 Å². The SMILES string of the molecule is C=C1OC(C)=C(COC(=O)SC(C)(C)[C@@H](NC(=O)OCOC(=O)C(C)C)C(=O)OCC)O1. The quantitative estimate of drug-likeness (QED) is 0.283. The first-order chi connectivity index (χ1) is 14.9. The van der Waals surface area contributed by atoms with E-state index < -0.39 is 46.8 Å². The molecule has 0 aromatic carbocycles. The van der Waals surface area contributed by atoms with Gasteiger partial charge in [-0.15, -0.1) is 0 Å². The molecule has 0 saturated carbocycles. The normalized spacial score (nSPS) is 14.3. The van der Waals surface area contributed by atoms with Crippen molar-refractivity contribution in [2.24, 2.45) is 5.92 Å². The zero-order valence-electron chi connectivity index (χ0n) is 19.0. The van der Waals surface area contributed by atoms with Gasteiger partial charge in [-0.25, -0.2) is 14.4 Å². The zero-order chi connectivity index (χ0) is 24.5. The maximum absolute atomic E-state index is 12.4. The molecule has 11 nitrogen and oxygen atoms in total. The molecule has 32 heavy (non-hydrogen) atoms. The summed E-state index contributed by atoms with van der Waals surface area (Å²) in [4.78, 5) is 48.3. The van der Waals surface area contributed by atoms with Crippen molar-refractivity contribution in [1.82, 2.24) is 5.32 Å². The van der Waals surface area contributed by atoms with Crippen LogP contribution in [0.15, 0.2) is 24.0 Å². The van der Waals surface area contributed by atoms with Crippen molar-refractivity contribution in [2.75, 3.05) is 20.0 Å². The maximum atomic E-state index is 12.4. The van der Waals surface area contributed by atoms with E-state index >= 15 is 0 Å². The molecule has 0 bridgehead atoms. The van der Waals surface area contributed by atoms with E-state index in [1.165, 1.54) is 0 Å². The molecular weight excluding hydrogens is 446 g/mol. The van der Waals surface area contributed by atoms with Crippen molar-refractivity contribution in [1.29, 1.82) is 0 Å². The summed E-state index contributed by atoms with van der Waals surface area (Å²) in [6, 6.07) is -1.28. The predicted octanol–water partition coefficient (Wildman–Crippen LogP) is 3.20. The van der Waals surface area contributed by atoms with E-state index in [4.69, 9.17) is 28.4 Å². The Balaban J connectivity index is 2.72. The van der Waals surface area contributed by atoms with Gasteiger partial charge in [0.15, 0.2) is 12.4 Å². The molecule has 1 atom stereocenters. The smallest absolute Gasteiger partial charge is 0.410 e. The van der Waals surface area contributed by atoms with Crippen LogP contribution in [0, 0.1) is 5.92 Å². The lowest BCUT2D eigenvalue weighted by Crippen LogP contribution is -2.53. The third-order valence-electron chi connectivity index (χ3n) is 3.91. The fourth-order valence-electron chi connectivity index (χ4n) is 2.23. The minimum absolute atomic E-state index is 0.0535. The second-order valence-corrected chi connectivity index (χ2v) is 8.89. The van der Waals surface area contributed by atoms with Crippen LogP contribution in [0.5, 0.6) is 0 Å². The van der Waals surface area contributed by atoms with Crippen LogP contribution >= 0.6 is 11.8 Å². The van der Waals surface area contributed by atoms with Crippen LogP contribution in [0.4, 0.5) is 9.59 Å². The highest BCUT2D eigenvalue weighted by Crippen LogP contribution is 2.32. The summed E-state index contributed by atoms with van der Waals surface area (Å²) in [5.41, 5.74) is 0. The predicted molar refractivity (Wildman–Crippen MR) is 113 cm³/mol. The third kappa shape index (κ3) is 8.69. The average Bonchev–Trinajstić information content (AvgIpc) is 3.01. The Kier molecular flexibility index (Phi) is 10.4. The van der Waals surface area contributed by atoms with Crippen molar-refractivity contribution >= 4 is 35.1 Å². The van der Waals surface area contributed by atoms with Gasteiger partial charge in [0.05, 0.1) is 17.3 Å². The highest BCUT2D eigenvalue weighted by Gasteiger charge is 2.41. The van der Waals surface area contributed by atoms with Gasteiger partial charge in [0.1, 0.15) is 11.8 Å². The van der Waals surface area contributed by atoms with Gasteiger partial charge in [-0.2, -0.15) is 0 Å². The summed E-state index contributed by atoms with van der Waals surface area (Å²) in [5, 5.41) is 1.61. The first kappa shape index (κ1) is 27.1. The van der Waals surface area contributed by atoms with Crippen molar-refractivity contribution < 1.29 is 47.6 Å². The van der Waals surface area contributed by atoms with Crippen LogP contribution in [0.3, 0.4) is 0 Å². The lowest BCUT2D eigenvalue weighted by molar-refractivity contribution is -0.156. The first-order valence-corrected chi connectivity index (χ1v) is 10.6. The number of carbonyl (C=O) groups excluding carboxylic acids is 4. The summed E-state index contributed by atoms with van der Waals surface area (Å²) in [6.07, 6.45) is -1.03. The Morgan fingerprint density at radius 3 is 2.25 bits per heavy atom. The number of esters is 2. The maximum Gasteiger partial charge on any atom is 0.410 e. The third-order valence-corrected chi connectivity index (χ3v) is 4.95. The molecule has 0 saturated heterocycles. The van der Waals surface area contributed by atoms with Crippen LogP contribution in [-0.2, 0) is 38.0 Å². The van der Waals surface area contributed by atoms with E-state index in [9.17, 15) is 19.2 Å². The molecule has 0 spiro atoms. The number of ether oxygens (including phenoxy) is 6. The molecule has 1 amide bonds. The fourth-order valence-corrected chi connectivity index (χ4v) is 3.05. The van der Waals surface area contributed by atoms with Crippen LogP contribution in [0.1, 0.15) is 41.5 Å². The molecule has 0 aromatic rings. The van der Waals surface area contributed by atoms with E-state index in [2.05, 4.69) is 11.9 Å². The fraction of sp³-hybridized carbons (Fsp3) is 0.600. The van der Waals surface area contributed by atoms with Crippen molar-refractivity contribution in [3.05, 3.63) is 24.0 Å². The molecule has 180 valence electrons. The number of rotatable bonds is 10. The lowest BCUT2D eigenvalue weighted by atomic mass is 10.0. The summed E-state index contributed by atoms with van der Waals surface area (Å²) in [5.74, 6) is -0.944. The molecule has 1 aliphatic heterocycles. The number of carbonyl (C=O) groups is 4. The molecule has 1 aliphatic rings. The Hall–Kier alpha value is -2.89. The van der Waals surface area contributed by atoms with E-state index in [0.717, 1.165) is 0 Å². The largest absolute Gasteiger partial charge is 0.464 e. The minimum atomic E-state index is -1.28. The van der Waals surface area contributed by atoms with E-state index in [-0.39, 0.29) is 19.2 Å². The van der Waals surface area contributed by atoms with Gasteiger partial charge in [-0.05, 0) is 46.0 Å². The number of hydrogen-bond donors (Lipinski definition) is 1. The average molecular weight is 476 g/mol. The van der Waals surface area contributed by atoms with Crippen molar-refractivity contribution in [3.8, 4) is 0 Å². The molecular formula is C20H29NO10S. The number of nitrogens with one attached hydrogen (secondary N) is 1. The molecule has 0 aromatic heterocycles. The van der Waals surface area contributed by atoms with Gasteiger partial charge in [0.25, 0.3) is 5.95 Å².